The van der Waals surface area contributed by atoms with Gasteiger partial charge in [0, 0.05) is 6.42 Å². The summed E-state index contributed by atoms with van der Waals surface area (Å²) in [5, 5.41) is 27.9. The highest BCUT2D eigenvalue weighted by Crippen LogP contribution is 2.26. The Kier molecular flexibility index (Phi) is 4.61. The number of ether oxygens (including phenoxy) is 2. The summed E-state index contributed by atoms with van der Waals surface area (Å²) < 4.78 is 61.6. The molecule has 1 saturated heterocycles. The van der Waals surface area contributed by atoms with Crippen molar-refractivity contribution in [3.05, 3.63) is 23.5 Å². The van der Waals surface area contributed by atoms with Gasteiger partial charge in [-0.2, -0.15) is 22.5 Å². The van der Waals surface area contributed by atoms with E-state index < -0.39 is 60.5 Å². The minimum atomic E-state index is -1.87. The fraction of sp³-hybridized carbons (Fsp3) is 0.545. The third-order valence-electron chi connectivity index (χ3n) is 2.89. The molecule has 0 radical (unpaired) electrons. The zero-order chi connectivity index (χ0) is 15.7. The van der Waals surface area contributed by atoms with Crippen molar-refractivity contribution >= 4 is 0 Å². The minimum absolute atomic E-state index is 0.211. The highest BCUT2D eigenvalue weighted by atomic mass is 19.2. The highest BCUT2D eigenvalue weighted by molar-refractivity contribution is 5.24. The van der Waals surface area contributed by atoms with Crippen LogP contribution in [-0.4, -0.2) is 51.5 Å². The van der Waals surface area contributed by atoms with Crippen molar-refractivity contribution in [1.82, 2.24) is 4.98 Å². The van der Waals surface area contributed by atoms with Crippen LogP contribution in [0.15, 0.2) is 0 Å². The fourth-order valence-corrected chi connectivity index (χ4v) is 1.81. The van der Waals surface area contributed by atoms with Crippen LogP contribution in [-0.2, 0) is 4.74 Å². The van der Waals surface area contributed by atoms with Crippen LogP contribution in [0.25, 0.3) is 0 Å². The predicted octanol–water partition coefficient (Wildman–Crippen LogP) is -0.154. The van der Waals surface area contributed by atoms with Gasteiger partial charge in [0.2, 0.25) is 17.4 Å². The summed E-state index contributed by atoms with van der Waals surface area (Å²) in [5.41, 5.74) is 0. The first-order chi connectivity index (χ1) is 9.81. The first-order valence-electron chi connectivity index (χ1n) is 5.83. The van der Waals surface area contributed by atoms with Crippen LogP contribution in [0.1, 0.15) is 6.42 Å². The molecule has 3 N–H and O–H groups in total. The molecule has 4 unspecified atom stereocenters. The Hall–Kier alpha value is -1.49. The Morgan fingerprint density at radius 2 is 1.67 bits per heavy atom. The second kappa shape index (κ2) is 6.10. The molecule has 4 atom stereocenters. The van der Waals surface area contributed by atoms with Crippen molar-refractivity contribution in [2.45, 2.75) is 31.0 Å². The van der Waals surface area contributed by atoms with Crippen LogP contribution < -0.4 is 4.74 Å². The summed E-state index contributed by atoms with van der Waals surface area (Å²) in [6.07, 6.45) is -5.86. The average molecular weight is 313 g/mol. The molecule has 1 fully saturated rings. The van der Waals surface area contributed by atoms with E-state index in [0.717, 1.165) is 0 Å². The monoisotopic (exact) mass is 313 g/mol. The van der Waals surface area contributed by atoms with Gasteiger partial charge in [-0.3, -0.25) is 0 Å². The number of rotatable bonds is 3. The predicted molar refractivity (Wildman–Crippen MR) is 57.1 cm³/mol. The standard InChI is InChI=1S/C11H11F4NO5/c12-5-8(6(13)10(15)16-9(5)14)20-2-3-1-4(17)7(18)11(19)21-3/h3-4,7,11,17-19H,1-2H2. The third kappa shape index (κ3) is 3.23. The molecule has 0 saturated carbocycles. The lowest BCUT2D eigenvalue weighted by molar-refractivity contribution is -0.250. The van der Waals surface area contributed by atoms with Crippen molar-refractivity contribution < 1.29 is 42.4 Å². The maximum absolute atomic E-state index is 13.3. The molecule has 0 aliphatic carbocycles. The molecule has 0 amide bonds. The van der Waals surface area contributed by atoms with E-state index in [1.807, 2.05) is 0 Å². The Bertz CT molecular complexity index is 494. The molecule has 1 aromatic rings. The lowest BCUT2D eigenvalue weighted by Crippen LogP contribution is -2.49. The summed E-state index contributed by atoms with van der Waals surface area (Å²) in [5.74, 6) is -8.69. The summed E-state index contributed by atoms with van der Waals surface area (Å²) in [4.78, 5) is 2.35. The molecule has 1 aromatic heterocycles. The van der Waals surface area contributed by atoms with Gasteiger partial charge >= 0.3 is 0 Å². The molecule has 21 heavy (non-hydrogen) atoms. The van der Waals surface area contributed by atoms with Gasteiger partial charge in [0.05, 0.1) is 12.2 Å². The molecule has 1 aliphatic heterocycles. The maximum Gasteiger partial charge on any atom is 0.255 e. The fourth-order valence-electron chi connectivity index (χ4n) is 1.81. The quantitative estimate of drug-likeness (QED) is 0.531. The molecule has 6 nitrogen and oxygen atoms in total. The van der Waals surface area contributed by atoms with Gasteiger partial charge in [-0.1, -0.05) is 0 Å². The average Bonchev–Trinajstić information content (AvgIpc) is 2.42. The van der Waals surface area contributed by atoms with Crippen molar-refractivity contribution in [1.29, 1.82) is 0 Å². The first kappa shape index (κ1) is 15.9. The van der Waals surface area contributed by atoms with Crippen LogP contribution in [0.3, 0.4) is 0 Å². The van der Waals surface area contributed by atoms with E-state index in [0.29, 0.717) is 0 Å². The lowest BCUT2D eigenvalue weighted by atomic mass is 10.0. The molecule has 0 aromatic carbocycles. The molecule has 118 valence electrons. The molecule has 0 spiro atoms. The van der Waals surface area contributed by atoms with Crippen LogP contribution in [0.2, 0.25) is 0 Å². The van der Waals surface area contributed by atoms with E-state index in [4.69, 9.17) is 4.74 Å². The number of pyridine rings is 1. The third-order valence-corrected chi connectivity index (χ3v) is 2.89. The Morgan fingerprint density at radius 3 is 2.19 bits per heavy atom. The SMILES string of the molecule is OC1CC(COc2c(F)c(F)nc(F)c2F)OC(O)C1O. The summed E-state index contributed by atoms with van der Waals surface area (Å²) in [6, 6.07) is 0. The van der Waals surface area contributed by atoms with Crippen molar-refractivity contribution in [3.63, 3.8) is 0 Å². The summed E-state index contributed by atoms with van der Waals surface area (Å²) in [7, 11) is 0. The number of halogens is 4. The zero-order valence-corrected chi connectivity index (χ0v) is 10.3. The van der Waals surface area contributed by atoms with E-state index in [2.05, 4.69) is 9.72 Å². The highest BCUT2D eigenvalue weighted by Gasteiger charge is 2.36. The van der Waals surface area contributed by atoms with Crippen LogP contribution in [0.4, 0.5) is 17.6 Å². The zero-order valence-electron chi connectivity index (χ0n) is 10.3. The van der Waals surface area contributed by atoms with Gasteiger partial charge in [-0.15, -0.1) is 0 Å². The summed E-state index contributed by atoms with van der Waals surface area (Å²) in [6.45, 7) is -0.614. The van der Waals surface area contributed by atoms with Crippen LogP contribution in [0, 0.1) is 23.5 Å². The molecule has 2 heterocycles. The molecule has 10 heteroatoms. The van der Waals surface area contributed by atoms with Gasteiger partial charge in [0.25, 0.3) is 11.9 Å². The maximum atomic E-state index is 13.3. The van der Waals surface area contributed by atoms with Gasteiger partial charge in [0.15, 0.2) is 6.29 Å². The van der Waals surface area contributed by atoms with Crippen LogP contribution in [0.5, 0.6) is 5.75 Å². The number of hydrogen-bond acceptors (Lipinski definition) is 6. The number of aliphatic hydroxyl groups is 3. The number of nitrogens with zero attached hydrogens (tertiary/aromatic N) is 1. The minimum Gasteiger partial charge on any atom is -0.485 e. The Balaban J connectivity index is 2.07. The van der Waals surface area contributed by atoms with E-state index in [1.54, 1.807) is 0 Å². The number of aromatic nitrogens is 1. The van der Waals surface area contributed by atoms with Gasteiger partial charge < -0.3 is 24.8 Å². The Morgan fingerprint density at radius 1 is 1.10 bits per heavy atom. The second-order valence-electron chi connectivity index (χ2n) is 4.40. The van der Waals surface area contributed by atoms with E-state index in [1.165, 1.54) is 0 Å². The van der Waals surface area contributed by atoms with Crippen molar-refractivity contribution in [2.75, 3.05) is 6.61 Å². The van der Waals surface area contributed by atoms with Gasteiger partial charge in [-0.25, -0.2) is 0 Å². The van der Waals surface area contributed by atoms with Gasteiger partial charge in [0.1, 0.15) is 12.7 Å². The topological polar surface area (TPSA) is 92.0 Å². The normalized spacial score (nSPS) is 29.5. The molecule has 0 bridgehead atoms. The van der Waals surface area contributed by atoms with Crippen molar-refractivity contribution in [2.24, 2.45) is 0 Å². The van der Waals surface area contributed by atoms with E-state index >= 15 is 0 Å². The molecule has 2 rings (SSSR count). The number of hydrogen-bond donors (Lipinski definition) is 3. The molecule has 1 aliphatic rings. The van der Waals surface area contributed by atoms with Gasteiger partial charge in [-0.05, 0) is 0 Å². The first-order valence-corrected chi connectivity index (χ1v) is 5.83. The molecular formula is C11H11F4NO5. The number of aliphatic hydroxyl groups excluding tert-OH is 3. The second-order valence-corrected chi connectivity index (χ2v) is 4.40. The largest absolute Gasteiger partial charge is 0.485 e. The van der Waals surface area contributed by atoms with Crippen LogP contribution >= 0.6 is 0 Å². The lowest BCUT2D eigenvalue weighted by Gasteiger charge is -2.34. The molecular weight excluding hydrogens is 302 g/mol. The van der Waals surface area contributed by atoms with E-state index in [-0.39, 0.29) is 6.42 Å². The van der Waals surface area contributed by atoms with Crippen molar-refractivity contribution in [3.8, 4) is 5.75 Å². The van der Waals surface area contributed by atoms with E-state index in [9.17, 15) is 32.9 Å². The Labute approximate surface area is 115 Å². The smallest absolute Gasteiger partial charge is 0.255 e. The summed E-state index contributed by atoms with van der Waals surface area (Å²) >= 11 is 0.